The van der Waals surface area contributed by atoms with Crippen LogP contribution in [0.3, 0.4) is 0 Å². The summed E-state index contributed by atoms with van der Waals surface area (Å²) in [5.74, 6) is 0.524. The number of amides is 1. The Morgan fingerprint density at radius 1 is 1.27 bits per heavy atom. The fourth-order valence-corrected chi connectivity index (χ4v) is 3.43. The second-order valence-corrected chi connectivity index (χ2v) is 6.58. The van der Waals surface area contributed by atoms with Crippen LogP contribution in [0.25, 0.3) is 0 Å². The van der Waals surface area contributed by atoms with E-state index in [1.807, 2.05) is 17.0 Å². The maximum absolute atomic E-state index is 13.1. The van der Waals surface area contributed by atoms with Crippen molar-refractivity contribution in [2.24, 2.45) is 0 Å². The summed E-state index contributed by atoms with van der Waals surface area (Å²) in [4.78, 5) is 19.1. The van der Waals surface area contributed by atoms with Gasteiger partial charge in [-0.2, -0.15) is 5.26 Å². The highest BCUT2D eigenvalue weighted by molar-refractivity contribution is 5.81. The smallest absolute Gasteiger partial charge is 0.263 e. The number of aromatic nitrogens is 1. The molecule has 1 amide bonds. The molecule has 1 saturated heterocycles. The molecule has 0 bridgehead atoms. The Labute approximate surface area is 154 Å². The molecule has 5 nitrogen and oxygen atoms in total. The number of rotatable bonds is 4. The lowest BCUT2D eigenvalue weighted by atomic mass is 10.0. The fourth-order valence-electron chi connectivity index (χ4n) is 3.43. The lowest BCUT2D eigenvalue weighted by Crippen LogP contribution is -2.42. The van der Waals surface area contributed by atoms with Gasteiger partial charge in [-0.1, -0.05) is 18.9 Å². The molecule has 3 rings (SSSR count). The maximum atomic E-state index is 13.1. The lowest BCUT2D eigenvalue weighted by Gasteiger charge is -2.32. The van der Waals surface area contributed by atoms with Gasteiger partial charge >= 0.3 is 0 Å². The zero-order valence-electron chi connectivity index (χ0n) is 15.0. The highest BCUT2D eigenvalue weighted by Gasteiger charge is 2.30. The van der Waals surface area contributed by atoms with Crippen molar-refractivity contribution >= 4 is 5.91 Å². The molecule has 1 aromatic carbocycles. The molecule has 2 atom stereocenters. The van der Waals surface area contributed by atoms with Gasteiger partial charge in [0.05, 0.1) is 17.7 Å². The van der Waals surface area contributed by atoms with Crippen molar-refractivity contribution in [2.45, 2.75) is 44.8 Å². The van der Waals surface area contributed by atoms with E-state index in [1.165, 1.54) is 0 Å². The third kappa shape index (κ3) is 4.20. The van der Waals surface area contributed by atoms with Gasteiger partial charge in [-0.15, -0.1) is 0 Å². The van der Waals surface area contributed by atoms with E-state index in [-0.39, 0.29) is 11.9 Å². The van der Waals surface area contributed by atoms with Crippen molar-refractivity contribution < 1.29 is 9.53 Å². The molecule has 0 aliphatic carbocycles. The Balaban J connectivity index is 1.77. The minimum absolute atomic E-state index is 0.0175. The van der Waals surface area contributed by atoms with Gasteiger partial charge < -0.3 is 9.64 Å². The van der Waals surface area contributed by atoms with E-state index in [0.717, 1.165) is 37.8 Å². The number of nitrogens with zero attached hydrogens (tertiary/aromatic N) is 3. The van der Waals surface area contributed by atoms with Crippen molar-refractivity contribution in [1.29, 1.82) is 5.26 Å². The average Bonchev–Trinajstić information content (AvgIpc) is 2.94. The van der Waals surface area contributed by atoms with Crippen LogP contribution in [0.2, 0.25) is 0 Å². The molecule has 5 heteroatoms. The van der Waals surface area contributed by atoms with Crippen LogP contribution < -0.4 is 4.74 Å². The summed E-state index contributed by atoms with van der Waals surface area (Å²) < 4.78 is 5.84. The number of pyridine rings is 1. The topological polar surface area (TPSA) is 66.2 Å². The van der Waals surface area contributed by atoms with Crippen LogP contribution in [0.15, 0.2) is 48.8 Å². The molecule has 0 N–H and O–H groups in total. The number of nitriles is 1. The van der Waals surface area contributed by atoms with Gasteiger partial charge in [0.2, 0.25) is 0 Å². The molecule has 2 unspecified atom stereocenters. The minimum Gasteiger partial charge on any atom is -0.481 e. The number of hydrogen-bond acceptors (Lipinski definition) is 4. The van der Waals surface area contributed by atoms with Crippen molar-refractivity contribution in [1.82, 2.24) is 9.88 Å². The zero-order valence-corrected chi connectivity index (χ0v) is 15.0. The van der Waals surface area contributed by atoms with E-state index < -0.39 is 6.10 Å². The van der Waals surface area contributed by atoms with Gasteiger partial charge in [0.15, 0.2) is 6.10 Å². The average molecular weight is 349 g/mol. The molecule has 0 saturated carbocycles. The summed E-state index contributed by atoms with van der Waals surface area (Å²) in [7, 11) is 0. The van der Waals surface area contributed by atoms with Crippen LogP contribution in [-0.2, 0) is 4.79 Å². The third-order valence-corrected chi connectivity index (χ3v) is 4.75. The van der Waals surface area contributed by atoms with Crippen LogP contribution in [0, 0.1) is 11.3 Å². The summed E-state index contributed by atoms with van der Waals surface area (Å²) in [5.41, 5.74) is 1.64. The molecule has 26 heavy (non-hydrogen) atoms. The molecule has 2 heterocycles. The van der Waals surface area contributed by atoms with Gasteiger partial charge in [-0.05, 0) is 55.7 Å². The van der Waals surface area contributed by atoms with Crippen LogP contribution in [0.5, 0.6) is 5.75 Å². The van der Waals surface area contributed by atoms with Crippen molar-refractivity contribution in [3.05, 3.63) is 59.9 Å². The van der Waals surface area contributed by atoms with Gasteiger partial charge in [0.1, 0.15) is 5.75 Å². The number of benzene rings is 1. The number of hydrogen-bond donors (Lipinski definition) is 0. The van der Waals surface area contributed by atoms with Gasteiger partial charge in [-0.25, -0.2) is 0 Å². The summed E-state index contributed by atoms with van der Waals surface area (Å²) in [6.07, 6.45) is 7.13. The molecular formula is C21H23N3O2. The van der Waals surface area contributed by atoms with Crippen molar-refractivity contribution in [3.8, 4) is 11.8 Å². The molecule has 0 radical (unpaired) electrons. The molecule has 1 aromatic heterocycles. The van der Waals surface area contributed by atoms with E-state index in [2.05, 4.69) is 11.1 Å². The quantitative estimate of drug-likeness (QED) is 0.840. The first-order chi connectivity index (χ1) is 12.7. The van der Waals surface area contributed by atoms with Gasteiger partial charge in [0.25, 0.3) is 5.91 Å². The highest BCUT2D eigenvalue weighted by atomic mass is 16.5. The van der Waals surface area contributed by atoms with Crippen LogP contribution in [0.1, 0.15) is 49.8 Å². The number of ether oxygens (including phenoxy) is 1. The Bertz CT molecular complexity index is 785. The van der Waals surface area contributed by atoms with Crippen LogP contribution in [0.4, 0.5) is 0 Å². The standard InChI is InChI=1S/C21H23N3O2/c1-16(26-19-7-5-6-17(14-19)15-22)21(25)24-13-4-2-3-8-20(24)18-9-11-23-12-10-18/h5-7,9-12,14,16,20H,2-4,8,13H2,1H3. The van der Waals surface area contributed by atoms with E-state index in [1.54, 1.807) is 43.6 Å². The molecule has 134 valence electrons. The highest BCUT2D eigenvalue weighted by Crippen LogP contribution is 2.30. The minimum atomic E-state index is -0.605. The largest absolute Gasteiger partial charge is 0.481 e. The number of carbonyl (C=O) groups is 1. The molecule has 1 aliphatic heterocycles. The predicted octanol–water partition coefficient (Wildman–Crippen LogP) is 3.86. The summed E-state index contributed by atoms with van der Waals surface area (Å²) in [5, 5.41) is 9.02. The third-order valence-electron chi connectivity index (χ3n) is 4.75. The second-order valence-electron chi connectivity index (χ2n) is 6.58. The Kier molecular flexibility index (Phi) is 5.85. The molecule has 1 aliphatic rings. The predicted molar refractivity (Wildman–Crippen MR) is 98.4 cm³/mol. The SMILES string of the molecule is CC(Oc1cccc(C#N)c1)C(=O)N1CCCCCC1c1ccncc1. The van der Waals surface area contributed by atoms with Crippen molar-refractivity contribution in [2.75, 3.05) is 6.54 Å². The maximum Gasteiger partial charge on any atom is 0.263 e. The summed E-state index contributed by atoms with van der Waals surface area (Å²) in [6.45, 7) is 2.51. The van der Waals surface area contributed by atoms with Gasteiger partial charge in [0, 0.05) is 18.9 Å². The van der Waals surface area contributed by atoms with Crippen LogP contribution >= 0.6 is 0 Å². The van der Waals surface area contributed by atoms with E-state index in [0.29, 0.717) is 11.3 Å². The molecular weight excluding hydrogens is 326 g/mol. The summed E-state index contributed by atoms with van der Waals surface area (Å²) in [6, 6.07) is 13.0. The fraction of sp³-hybridized carbons (Fsp3) is 0.381. The monoisotopic (exact) mass is 349 g/mol. The molecule has 1 fully saturated rings. The Morgan fingerprint density at radius 3 is 2.85 bits per heavy atom. The molecule has 2 aromatic rings. The molecule has 0 spiro atoms. The first-order valence-corrected chi connectivity index (χ1v) is 9.06. The zero-order chi connectivity index (χ0) is 18.4. The second kappa shape index (κ2) is 8.48. The first kappa shape index (κ1) is 17.9. The van der Waals surface area contributed by atoms with E-state index >= 15 is 0 Å². The number of likely N-dealkylation sites (tertiary alicyclic amines) is 1. The first-order valence-electron chi connectivity index (χ1n) is 9.06. The van der Waals surface area contributed by atoms with E-state index in [9.17, 15) is 4.79 Å². The van der Waals surface area contributed by atoms with Crippen molar-refractivity contribution in [3.63, 3.8) is 0 Å². The van der Waals surface area contributed by atoms with Crippen LogP contribution in [-0.4, -0.2) is 28.4 Å². The van der Waals surface area contributed by atoms with Gasteiger partial charge in [-0.3, -0.25) is 9.78 Å². The number of carbonyl (C=O) groups excluding carboxylic acids is 1. The summed E-state index contributed by atoms with van der Waals surface area (Å²) >= 11 is 0. The normalized spacial score (nSPS) is 18.5. The van der Waals surface area contributed by atoms with E-state index in [4.69, 9.17) is 10.00 Å². The lowest BCUT2D eigenvalue weighted by molar-refractivity contribution is -0.140. The Morgan fingerprint density at radius 2 is 2.08 bits per heavy atom. The Hall–Kier alpha value is -2.87.